The molecular weight excluding hydrogens is 409 g/mol. The fraction of sp³-hybridized carbons (Fsp3) is 0.435. The number of nitrogens with zero attached hydrogens (tertiary/aromatic N) is 2. The van der Waals surface area contributed by atoms with Gasteiger partial charge in [-0.1, -0.05) is 24.3 Å². The summed E-state index contributed by atoms with van der Waals surface area (Å²) < 4.78 is 46.9. The first-order valence-corrected chi connectivity index (χ1v) is 10.2. The molecular formula is C23H27F3N2O3. The van der Waals surface area contributed by atoms with E-state index in [1.807, 2.05) is 35.2 Å². The fourth-order valence-electron chi connectivity index (χ4n) is 3.51. The molecule has 168 valence electrons. The van der Waals surface area contributed by atoms with Crippen molar-refractivity contribution in [2.24, 2.45) is 0 Å². The quantitative estimate of drug-likeness (QED) is 0.629. The van der Waals surface area contributed by atoms with E-state index in [9.17, 15) is 18.0 Å². The third-order valence-corrected chi connectivity index (χ3v) is 5.22. The summed E-state index contributed by atoms with van der Waals surface area (Å²) in [5.74, 6) is 1.14. The number of piperazine rings is 1. The molecule has 0 N–H and O–H groups in total. The van der Waals surface area contributed by atoms with Crippen LogP contribution in [0.4, 0.5) is 13.2 Å². The topological polar surface area (TPSA) is 42.0 Å². The van der Waals surface area contributed by atoms with Crippen LogP contribution in [0, 0.1) is 0 Å². The first kappa shape index (κ1) is 22.9. The normalized spacial score (nSPS) is 15.0. The van der Waals surface area contributed by atoms with E-state index in [4.69, 9.17) is 9.47 Å². The summed E-state index contributed by atoms with van der Waals surface area (Å²) in [7, 11) is 1.62. The van der Waals surface area contributed by atoms with E-state index in [0.29, 0.717) is 32.5 Å². The second-order valence-electron chi connectivity index (χ2n) is 7.56. The molecule has 0 saturated carbocycles. The Morgan fingerprint density at radius 2 is 1.68 bits per heavy atom. The lowest BCUT2D eigenvalue weighted by Gasteiger charge is -2.35. The number of carbonyl (C=O) groups is 1. The van der Waals surface area contributed by atoms with Gasteiger partial charge >= 0.3 is 6.18 Å². The van der Waals surface area contributed by atoms with Crippen molar-refractivity contribution >= 4 is 5.91 Å². The Morgan fingerprint density at radius 3 is 2.32 bits per heavy atom. The van der Waals surface area contributed by atoms with Crippen molar-refractivity contribution in [1.82, 2.24) is 9.80 Å². The van der Waals surface area contributed by atoms with Gasteiger partial charge in [-0.25, -0.2) is 0 Å². The zero-order chi connectivity index (χ0) is 22.3. The number of ether oxygens (including phenoxy) is 2. The molecule has 1 saturated heterocycles. The van der Waals surface area contributed by atoms with Crippen LogP contribution in [0.5, 0.6) is 11.5 Å². The molecule has 0 aliphatic carbocycles. The van der Waals surface area contributed by atoms with E-state index in [-0.39, 0.29) is 11.7 Å². The Hall–Kier alpha value is -2.74. The molecule has 0 spiro atoms. The average Bonchev–Trinajstić information content (AvgIpc) is 2.77. The second kappa shape index (κ2) is 10.5. The minimum Gasteiger partial charge on any atom is -0.497 e. The number of aryl methyl sites for hydroxylation is 1. The maximum Gasteiger partial charge on any atom is 0.422 e. The van der Waals surface area contributed by atoms with Crippen LogP contribution in [0.3, 0.4) is 0 Å². The monoisotopic (exact) mass is 436 g/mol. The zero-order valence-corrected chi connectivity index (χ0v) is 17.5. The maximum atomic E-state index is 12.5. The predicted octanol–water partition coefficient (Wildman–Crippen LogP) is 3.91. The molecule has 0 atom stereocenters. The van der Waals surface area contributed by atoms with Crippen LogP contribution in [0.2, 0.25) is 0 Å². The standard InChI is InChI=1S/C23H27F3N2O3/c1-30-20-8-5-18(6-9-20)7-10-22(29)28-13-11-27(12-14-28)16-19-3-2-4-21(15-19)31-17-23(24,25)26/h2-6,8-9,15H,7,10-14,16-17H2,1H3. The summed E-state index contributed by atoms with van der Waals surface area (Å²) in [5, 5.41) is 0. The van der Waals surface area contributed by atoms with Gasteiger partial charge in [-0.05, 0) is 41.8 Å². The van der Waals surface area contributed by atoms with Gasteiger partial charge in [0.25, 0.3) is 0 Å². The van der Waals surface area contributed by atoms with E-state index in [0.717, 1.165) is 30.0 Å². The molecule has 1 amide bonds. The van der Waals surface area contributed by atoms with E-state index < -0.39 is 12.8 Å². The number of alkyl halides is 3. The molecule has 1 aliphatic rings. The van der Waals surface area contributed by atoms with Crippen molar-refractivity contribution in [3.05, 3.63) is 59.7 Å². The third-order valence-electron chi connectivity index (χ3n) is 5.22. The average molecular weight is 436 g/mol. The maximum absolute atomic E-state index is 12.5. The van der Waals surface area contributed by atoms with Gasteiger partial charge in [0.05, 0.1) is 7.11 Å². The fourth-order valence-corrected chi connectivity index (χ4v) is 3.51. The number of benzene rings is 2. The Kier molecular flexibility index (Phi) is 7.79. The van der Waals surface area contributed by atoms with Gasteiger partial charge in [0, 0.05) is 39.1 Å². The first-order valence-electron chi connectivity index (χ1n) is 10.2. The molecule has 8 heteroatoms. The van der Waals surface area contributed by atoms with Crippen molar-refractivity contribution in [2.45, 2.75) is 25.6 Å². The Morgan fingerprint density at radius 1 is 0.968 bits per heavy atom. The number of methoxy groups -OCH3 is 1. The molecule has 1 aliphatic heterocycles. The lowest BCUT2D eigenvalue weighted by Crippen LogP contribution is -2.48. The molecule has 1 heterocycles. The summed E-state index contributed by atoms with van der Waals surface area (Å²) in [6.07, 6.45) is -3.20. The zero-order valence-electron chi connectivity index (χ0n) is 17.5. The Labute approximate surface area is 180 Å². The van der Waals surface area contributed by atoms with Crippen molar-refractivity contribution in [3.63, 3.8) is 0 Å². The summed E-state index contributed by atoms with van der Waals surface area (Å²) in [5.41, 5.74) is 1.99. The molecule has 0 radical (unpaired) electrons. The van der Waals surface area contributed by atoms with Gasteiger partial charge in [-0.2, -0.15) is 13.2 Å². The summed E-state index contributed by atoms with van der Waals surface area (Å²) in [4.78, 5) is 16.6. The van der Waals surface area contributed by atoms with Gasteiger partial charge < -0.3 is 14.4 Å². The van der Waals surface area contributed by atoms with Crippen LogP contribution in [0.1, 0.15) is 17.5 Å². The van der Waals surface area contributed by atoms with Crippen LogP contribution in [0.15, 0.2) is 48.5 Å². The number of amides is 1. The molecule has 31 heavy (non-hydrogen) atoms. The molecule has 2 aromatic carbocycles. The molecule has 0 aromatic heterocycles. The van der Waals surface area contributed by atoms with Gasteiger partial charge in [-0.3, -0.25) is 9.69 Å². The summed E-state index contributed by atoms with van der Waals surface area (Å²) >= 11 is 0. The van der Waals surface area contributed by atoms with Gasteiger partial charge in [0.2, 0.25) is 5.91 Å². The van der Waals surface area contributed by atoms with Crippen LogP contribution >= 0.6 is 0 Å². The third kappa shape index (κ3) is 7.47. The molecule has 0 bridgehead atoms. The first-order chi connectivity index (χ1) is 14.8. The number of hydrogen-bond donors (Lipinski definition) is 0. The van der Waals surface area contributed by atoms with Crippen LogP contribution in [0.25, 0.3) is 0 Å². The Balaban J connectivity index is 1.42. The van der Waals surface area contributed by atoms with Crippen LogP contribution in [-0.2, 0) is 17.8 Å². The van der Waals surface area contributed by atoms with Crippen molar-refractivity contribution in [1.29, 1.82) is 0 Å². The highest BCUT2D eigenvalue weighted by Gasteiger charge is 2.28. The Bertz CT molecular complexity index is 848. The molecule has 0 unspecified atom stereocenters. The van der Waals surface area contributed by atoms with E-state index in [2.05, 4.69) is 4.90 Å². The predicted molar refractivity (Wildman–Crippen MR) is 111 cm³/mol. The van der Waals surface area contributed by atoms with E-state index in [1.54, 1.807) is 19.2 Å². The number of halogens is 3. The highest BCUT2D eigenvalue weighted by atomic mass is 19.4. The van der Waals surface area contributed by atoms with Gasteiger partial charge in [0.1, 0.15) is 11.5 Å². The van der Waals surface area contributed by atoms with E-state index >= 15 is 0 Å². The molecule has 5 nitrogen and oxygen atoms in total. The van der Waals surface area contributed by atoms with Crippen molar-refractivity contribution in [2.75, 3.05) is 39.9 Å². The van der Waals surface area contributed by atoms with Crippen LogP contribution < -0.4 is 9.47 Å². The number of hydrogen-bond acceptors (Lipinski definition) is 4. The highest BCUT2D eigenvalue weighted by molar-refractivity contribution is 5.76. The lowest BCUT2D eigenvalue weighted by molar-refractivity contribution is -0.153. The summed E-state index contributed by atoms with van der Waals surface area (Å²) in [6.45, 7) is 2.05. The smallest absolute Gasteiger partial charge is 0.422 e. The number of rotatable bonds is 8. The SMILES string of the molecule is COc1ccc(CCC(=O)N2CCN(Cc3cccc(OCC(F)(F)F)c3)CC2)cc1. The van der Waals surface area contributed by atoms with E-state index in [1.165, 1.54) is 6.07 Å². The summed E-state index contributed by atoms with van der Waals surface area (Å²) in [6, 6.07) is 14.4. The number of carbonyl (C=O) groups excluding carboxylic acids is 1. The van der Waals surface area contributed by atoms with Crippen molar-refractivity contribution in [3.8, 4) is 11.5 Å². The van der Waals surface area contributed by atoms with Gasteiger partial charge in [0.15, 0.2) is 6.61 Å². The van der Waals surface area contributed by atoms with Crippen molar-refractivity contribution < 1.29 is 27.4 Å². The second-order valence-corrected chi connectivity index (χ2v) is 7.56. The lowest BCUT2D eigenvalue weighted by atomic mass is 10.1. The molecule has 3 rings (SSSR count). The minimum atomic E-state index is -4.35. The molecule has 2 aromatic rings. The molecule has 1 fully saturated rings. The highest BCUT2D eigenvalue weighted by Crippen LogP contribution is 2.20. The minimum absolute atomic E-state index is 0.137. The van der Waals surface area contributed by atoms with Gasteiger partial charge in [-0.15, -0.1) is 0 Å². The largest absolute Gasteiger partial charge is 0.497 e. The van der Waals surface area contributed by atoms with Crippen LogP contribution in [-0.4, -0.2) is 61.8 Å².